The van der Waals surface area contributed by atoms with Crippen LogP contribution >= 0.6 is 23.2 Å². The minimum atomic E-state index is -1.27. The van der Waals surface area contributed by atoms with E-state index in [0.717, 1.165) is 4.68 Å². The summed E-state index contributed by atoms with van der Waals surface area (Å²) in [6.45, 7) is 3.18. The number of benzene rings is 1. The largest absolute Gasteiger partial charge is 0.463 e. The van der Waals surface area contributed by atoms with E-state index in [1.807, 2.05) is 0 Å². The summed E-state index contributed by atoms with van der Waals surface area (Å²) >= 11 is 11.9. The molecule has 1 amide bonds. The van der Waals surface area contributed by atoms with Crippen molar-refractivity contribution < 1.29 is 9.21 Å². The number of anilines is 1. The van der Waals surface area contributed by atoms with Gasteiger partial charge in [-0.2, -0.15) is 5.10 Å². The average molecular weight is 392 g/mol. The van der Waals surface area contributed by atoms with Crippen LogP contribution in [0.25, 0.3) is 11.5 Å². The third kappa shape index (κ3) is 3.66. The van der Waals surface area contributed by atoms with Crippen molar-refractivity contribution in [2.75, 3.05) is 5.32 Å². The van der Waals surface area contributed by atoms with E-state index in [2.05, 4.69) is 10.4 Å². The number of furan rings is 1. The van der Waals surface area contributed by atoms with E-state index in [9.17, 15) is 9.59 Å². The van der Waals surface area contributed by atoms with Crippen LogP contribution in [0, 0.1) is 0 Å². The van der Waals surface area contributed by atoms with Crippen molar-refractivity contribution in [3.05, 3.63) is 69.1 Å². The molecule has 134 valence electrons. The first-order valence-corrected chi connectivity index (χ1v) is 8.45. The summed E-state index contributed by atoms with van der Waals surface area (Å²) in [6.07, 6.45) is 1.51. The molecule has 0 spiro atoms. The van der Waals surface area contributed by atoms with Crippen molar-refractivity contribution in [3.63, 3.8) is 0 Å². The molecule has 0 atom stereocenters. The predicted octanol–water partition coefficient (Wildman–Crippen LogP) is 4.18. The van der Waals surface area contributed by atoms with E-state index in [1.165, 1.54) is 12.3 Å². The van der Waals surface area contributed by atoms with Gasteiger partial charge in [0.05, 0.1) is 6.26 Å². The number of carbonyl (C=O) groups excluding carboxylic acids is 1. The maximum absolute atomic E-state index is 12.8. The van der Waals surface area contributed by atoms with Gasteiger partial charge >= 0.3 is 0 Å². The number of halogens is 2. The fraction of sp³-hybridized carbons (Fsp3) is 0.167. The molecule has 6 nitrogen and oxygen atoms in total. The van der Waals surface area contributed by atoms with Gasteiger partial charge in [-0.25, -0.2) is 4.68 Å². The van der Waals surface area contributed by atoms with Crippen LogP contribution in [-0.2, 0) is 10.3 Å². The van der Waals surface area contributed by atoms with Crippen molar-refractivity contribution >= 4 is 34.8 Å². The quantitative estimate of drug-likeness (QED) is 0.723. The first-order chi connectivity index (χ1) is 12.3. The van der Waals surface area contributed by atoms with Crippen LogP contribution in [0.1, 0.15) is 13.8 Å². The number of nitrogens with zero attached hydrogens (tertiary/aromatic N) is 2. The number of amides is 1. The first-order valence-electron chi connectivity index (χ1n) is 7.69. The van der Waals surface area contributed by atoms with Crippen LogP contribution < -0.4 is 10.9 Å². The second kappa shape index (κ2) is 6.97. The summed E-state index contributed by atoms with van der Waals surface area (Å²) in [7, 11) is 0. The van der Waals surface area contributed by atoms with Gasteiger partial charge < -0.3 is 9.73 Å². The van der Waals surface area contributed by atoms with E-state index < -0.39 is 17.0 Å². The fourth-order valence-electron chi connectivity index (χ4n) is 2.37. The van der Waals surface area contributed by atoms with Crippen molar-refractivity contribution in [2.24, 2.45) is 0 Å². The van der Waals surface area contributed by atoms with Crippen molar-refractivity contribution in [3.8, 4) is 11.5 Å². The molecule has 1 aromatic carbocycles. The molecule has 3 rings (SSSR count). The molecule has 2 aromatic heterocycles. The SMILES string of the molecule is CC(C)(C(=O)Nc1cc(Cl)cc(Cl)c1)n1nc(-c2ccco2)ccc1=O. The lowest BCUT2D eigenvalue weighted by Gasteiger charge is -2.25. The molecule has 0 aliphatic heterocycles. The highest BCUT2D eigenvalue weighted by molar-refractivity contribution is 6.35. The molecule has 0 bridgehead atoms. The van der Waals surface area contributed by atoms with Gasteiger partial charge in [0, 0.05) is 21.8 Å². The molecule has 3 aromatic rings. The molecule has 8 heteroatoms. The molecule has 0 unspecified atom stereocenters. The zero-order valence-corrected chi connectivity index (χ0v) is 15.5. The van der Waals surface area contributed by atoms with E-state index in [1.54, 1.807) is 50.2 Å². The zero-order valence-electron chi connectivity index (χ0n) is 14.0. The lowest BCUT2D eigenvalue weighted by atomic mass is 10.0. The van der Waals surface area contributed by atoms with E-state index in [-0.39, 0.29) is 0 Å². The van der Waals surface area contributed by atoms with E-state index >= 15 is 0 Å². The number of aromatic nitrogens is 2. The maximum atomic E-state index is 12.8. The molecule has 0 saturated heterocycles. The van der Waals surface area contributed by atoms with E-state index in [0.29, 0.717) is 27.2 Å². The lowest BCUT2D eigenvalue weighted by Crippen LogP contribution is -2.47. The maximum Gasteiger partial charge on any atom is 0.267 e. The van der Waals surface area contributed by atoms with Crippen LogP contribution in [0.2, 0.25) is 10.0 Å². The Morgan fingerprint density at radius 1 is 1.15 bits per heavy atom. The van der Waals surface area contributed by atoms with Gasteiger partial charge in [-0.1, -0.05) is 23.2 Å². The highest BCUT2D eigenvalue weighted by atomic mass is 35.5. The summed E-state index contributed by atoms with van der Waals surface area (Å²) in [5.41, 5.74) is -0.809. The average Bonchev–Trinajstić information content (AvgIpc) is 3.08. The van der Waals surface area contributed by atoms with Gasteiger partial charge in [0.1, 0.15) is 11.2 Å². The molecule has 2 heterocycles. The van der Waals surface area contributed by atoms with Crippen LogP contribution in [-0.4, -0.2) is 15.7 Å². The lowest BCUT2D eigenvalue weighted by molar-refractivity contribution is -0.123. The third-order valence-electron chi connectivity index (χ3n) is 3.78. The Kier molecular flexibility index (Phi) is 4.89. The molecule has 26 heavy (non-hydrogen) atoms. The molecule has 0 radical (unpaired) electrons. The summed E-state index contributed by atoms with van der Waals surface area (Å²) in [4.78, 5) is 25.1. The van der Waals surface area contributed by atoms with Crippen LogP contribution in [0.4, 0.5) is 5.69 Å². The van der Waals surface area contributed by atoms with Gasteiger partial charge in [-0.05, 0) is 50.2 Å². The predicted molar refractivity (Wildman–Crippen MR) is 101 cm³/mol. The van der Waals surface area contributed by atoms with Crippen molar-refractivity contribution in [1.29, 1.82) is 0 Å². The second-order valence-corrected chi connectivity index (χ2v) is 6.99. The highest BCUT2D eigenvalue weighted by Gasteiger charge is 2.32. The van der Waals surface area contributed by atoms with E-state index in [4.69, 9.17) is 27.6 Å². The van der Waals surface area contributed by atoms with Crippen LogP contribution in [0.3, 0.4) is 0 Å². The number of carbonyl (C=O) groups is 1. The van der Waals surface area contributed by atoms with Crippen molar-refractivity contribution in [1.82, 2.24) is 9.78 Å². The first kappa shape index (κ1) is 18.2. The second-order valence-electron chi connectivity index (χ2n) is 6.12. The number of nitrogens with one attached hydrogen (secondary N) is 1. The van der Waals surface area contributed by atoms with Crippen LogP contribution in [0.15, 0.2) is 57.9 Å². The van der Waals surface area contributed by atoms with Crippen molar-refractivity contribution in [2.45, 2.75) is 19.4 Å². The molecular weight excluding hydrogens is 377 g/mol. The topological polar surface area (TPSA) is 77.1 Å². The Morgan fingerprint density at radius 3 is 2.46 bits per heavy atom. The van der Waals surface area contributed by atoms with Gasteiger partial charge in [0.2, 0.25) is 0 Å². The molecule has 0 fully saturated rings. The standard InChI is InChI=1S/C18H15Cl2N3O3/c1-18(2,17(25)21-13-9-11(19)8-12(20)10-13)23-16(24)6-5-14(22-23)15-4-3-7-26-15/h3-10H,1-2H3,(H,21,25). The normalized spacial score (nSPS) is 11.4. The Labute approximate surface area is 159 Å². The molecule has 0 saturated carbocycles. The van der Waals surface area contributed by atoms with Gasteiger partial charge in [0.15, 0.2) is 5.76 Å². The highest BCUT2D eigenvalue weighted by Crippen LogP contribution is 2.24. The minimum absolute atomic E-state index is 0.390. The van der Waals surface area contributed by atoms with Gasteiger partial charge in [-0.3, -0.25) is 9.59 Å². The zero-order chi connectivity index (χ0) is 18.9. The Bertz CT molecular complexity index is 991. The molecular formula is C18H15Cl2N3O3. The van der Waals surface area contributed by atoms with Gasteiger partial charge in [0.25, 0.3) is 11.5 Å². The monoisotopic (exact) mass is 391 g/mol. The third-order valence-corrected chi connectivity index (χ3v) is 4.22. The summed E-state index contributed by atoms with van der Waals surface area (Å²) in [6, 6.07) is 11.0. The van der Waals surface area contributed by atoms with Gasteiger partial charge in [-0.15, -0.1) is 0 Å². The smallest absolute Gasteiger partial charge is 0.267 e. The Morgan fingerprint density at radius 2 is 1.85 bits per heavy atom. The molecule has 0 aliphatic rings. The fourth-order valence-corrected chi connectivity index (χ4v) is 2.90. The molecule has 1 N–H and O–H groups in total. The summed E-state index contributed by atoms with van der Waals surface area (Å²) < 4.78 is 6.42. The summed E-state index contributed by atoms with van der Waals surface area (Å²) in [5, 5.41) is 7.77. The van der Waals surface area contributed by atoms with Crippen LogP contribution in [0.5, 0.6) is 0 Å². The minimum Gasteiger partial charge on any atom is -0.463 e. The number of rotatable bonds is 4. The number of hydrogen-bond donors (Lipinski definition) is 1. The number of hydrogen-bond acceptors (Lipinski definition) is 4. The Hall–Kier alpha value is -2.57. The Balaban J connectivity index is 1.95. The summed E-state index contributed by atoms with van der Waals surface area (Å²) in [5.74, 6) is 0.0543. The molecule has 0 aliphatic carbocycles.